The zero-order valence-electron chi connectivity index (χ0n) is 43.1. The van der Waals surface area contributed by atoms with Gasteiger partial charge in [0.1, 0.15) is 41.7 Å². The highest BCUT2D eigenvalue weighted by Crippen LogP contribution is 2.64. The molecule has 1 aliphatic heterocycles. The Kier molecular flexibility index (Phi) is 16.8. The smallest absolute Gasteiger partial charge is 0.408 e. The largest absolute Gasteiger partial charge is 0.466 e. The maximum atomic E-state index is 15.2. The van der Waals surface area contributed by atoms with Gasteiger partial charge in [-0.3, -0.25) is 24.0 Å². The quantitative estimate of drug-likeness (QED) is 0.0609. The molecule has 1 heterocycles. The Morgan fingerprint density at radius 1 is 0.959 bits per heavy atom. The number of esters is 5. The number of hydrogen-bond donors (Lipinski definition) is 7. The van der Waals surface area contributed by atoms with Crippen LogP contribution in [-0.4, -0.2) is 154 Å². The summed E-state index contributed by atoms with van der Waals surface area (Å²) in [4.78, 5) is 123. The van der Waals surface area contributed by atoms with Gasteiger partial charge in [0, 0.05) is 31.6 Å². The standard InChI is InChI=1S/C51H70N4O19/c1-10-68-34(59)19-18-28(52)42(62)54-29(20-33(53)58)44(64)71-38(36(26-16-17-26)55-46(66)74-47(4,5)6)45(65)70-30-22-51(67)41(72-43(63)27-14-12-11-13-15-27)39-49(9,40(61)37(60)35(24(30)2)48(51,7)8)31(57)21-32-50(39,23-69-32)73-25(3)56/h11-15,26,28-32,36-39,41,57,60,67H,10,16-23,52H2,1-9H3,(H2,53,58)(H,54,62)(H,55,66)/t28-,29+,30+,31+,32-,36+,37-,38?,39+,41+,49-,50+,51-/m1/s1. The van der Waals surface area contributed by atoms with E-state index >= 15 is 9.59 Å². The normalized spacial score (nSPS) is 30.6. The molecule has 13 atom stereocenters. The van der Waals surface area contributed by atoms with Crippen molar-refractivity contribution in [1.82, 2.24) is 10.6 Å². The van der Waals surface area contributed by atoms with Gasteiger partial charge in [-0.1, -0.05) is 32.0 Å². The van der Waals surface area contributed by atoms with Crippen LogP contribution in [-0.2, 0) is 66.7 Å². The van der Waals surface area contributed by atoms with Gasteiger partial charge in [0.15, 0.2) is 11.4 Å². The molecule has 23 nitrogen and oxygen atoms in total. The van der Waals surface area contributed by atoms with Crippen molar-refractivity contribution >= 4 is 53.5 Å². The fourth-order valence-corrected chi connectivity index (χ4v) is 11.1. The van der Waals surface area contributed by atoms with Gasteiger partial charge >= 0.3 is 35.9 Å². The number of nitrogens with one attached hydrogen (secondary N) is 2. The van der Waals surface area contributed by atoms with Crippen LogP contribution in [0.3, 0.4) is 0 Å². The summed E-state index contributed by atoms with van der Waals surface area (Å²) in [6, 6.07) is 2.93. The monoisotopic (exact) mass is 1040 g/mol. The molecule has 2 bridgehead atoms. The first-order chi connectivity index (χ1) is 34.4. The number of aliphatic hydroxyl groups is 3. The predicted octanol–water partition coefficient (Wildman–Crippen LogP) is 0.879. The fraction of sp³-hybridized carbons (Fsp3) is 0.667. The lowest BCUT2D eigenvalue weighted by Gasteiger charge is -2.67. The fourth-order valence-electron chi connectivity index (χ4n) is 11.1. The molecular formula is C51H70N4O19. The van der Waals surface area contributed by atoms with Crippen LogP contribution in [0.5, 0.6) is 0 Å². The summed E-state index contributed by atoms with van der Waals surface area (Å²) in [6.45, 7) is 12.9. The van der Waals surface area contributed by atoms with Gasteiger partial charge in [-0.2, -0.15) is 0 Å². The number of nitrogens with two attached hydrogens (primary N) is 2. The molecule has 9 N–H and O–H groups in total. The lowest BCUT2D eigenvalue weighted by atomic mass is 9.44. The number of carbonyl (C=O) groups excluding carboxylic acids is 9. The number of aliphatic hydroxyl groups excluding tert-OH is 2. The van der Waals surface area contributed by atoms with Crippen molar-refractivity contribution in [2.45, 2.75) is 179 Å². The van der Waals surface area contributed by atoms with Gasteiger partial charge in [0.25, 0.3) is 0 Å². The minimum Gasteiger partial charge on any atom is -0.466 e. The van der Waals surface area contributed by atoms with Crippen molar-refractivity contribution in [3.05, 3.63) is 47.0 Å². The number of ether oxygens (including phenoxy) is 7. The second-order valence-electron chi connectivity index (χ2n) is 21.6. The Labute approximate surface area is 428 Å². The number of primary amides is 1. The van der Waals surface area contributed by atoms with E-state index in [0.717, 1.165) is 6.92 Å². The number of carbonyl (C=O) groups is 9. The lowest BCUT2D eigenvalue weighted by Crippen LogP contribution is -2.81. The molecule has 0 spiro atoms. The van der Waals surface area contributed by atoms with Crippen LogP contribution in [0.4, 0.5) is 4.79 Å². The number of fused-ring (bicyclic) bond motifs is 5. The third-order valence-electron chi connectivity index (χ3n) is 15.1. The summed E-state index contributed by atoms with van der Waals surface area (Å²) in [5.41, 5.74) is 2.04. The molecule has 6 rings (SSSR count). The summed E-state index contributed by atoms with van der Waals surface area (Å²) < 4.78 is 40.7. The molecule has 3 amide bonds. The van der Waals surface area contributed by atoms with E-state index in [1.165, 1.54) is 39.8 Å². The van der Waals surface area contributed by atoms with E-state index in [2.05, 4.69) is 10.6 Å². The number of rotatable bonds is 18. The van der Waals surface area contributed by atoms with E-state index in [1.807, 2.05) is 0 Å². The highest BCUT2D eigenvalue weighted by atomic mass is 16.6. The maximum Gasteiger partial charge on any atom is 0.408 e. The van der Waals surface area contributed by atoms with E-state index in [-0.39, 0.29) is 49.2 Å². The number of ketones is 1. The van der Waals surface area contributed by atoms with Crippen LogP contribution >= 0.6 is 0 Å². The SMILES string of the molecule is CCOC(=O)CC[C@@H](N)C(=O)N[C@@H](CC(N)=O)C(=O)OC(C(=O)O[C@H]1C[C@@]2(O)[C@@H](OC(=O)c3ccccc3)[C@@H]3[C@]4(OC(C)=O)CO[C@@H]4C[C@H](O)[C@@]3(C)C(=O)[C@H](O)C(=C1C)C2(C)C)[C@@H](NC(=O)OC(C)(C)C)C1CC1. The number of Topliss-reactive ketones (excluding diaryl/α,β-unsaturated/α-hetero) is 1. The molecule has 0 radical (unpaired) electrons. The Hall–Kier alpha value is -6.01. The summed E-state index contributed by atoms with van der Waals surface area (Å²) >= 11 is 0. The lowest BCUT2D eigenvalue weighted by molar-refractivity contribution is -0.346. The second-order valence-corrected chi connectivity index (χ2v) is 21.6. The topological polar surface area (TPSA) is 355 Å². The van der Waals surface area contributed by atoms with Crippen LogP contribution in [0.15, 0.2) is 41.5 Å². The van der Waals surface area contributed by atoms with E-state index < -0.39 is 161 Å². The molecule has 4 fully saturated rings. The highest BCUT2D eigenvalue weighted by Gasteiger charge is 2.78. The first-order valence-electron chi connectivity index (χ1n) is 24.7. The third kappa shape index (κ3) is 11.3. The molecule has 23 heteroatoms. The molecule has 408 valence electrons. The van der Waals surface area contributed by atoms with Gasteiger partial charge in [-0.25, -0.2) is 19.2 Å². The van der Waals surface area contributed by atoms with Crippen molar-refractivity contribution in [2.24, 2.45) is 34.1 Å². The van der Waals surface area contributed by atoms with E-state index in [9.17, 15) is 48.9 Å². The summed E-state index contributed by atoms with van der Waals surface area (Å²) in [5, 5.41) is 43.1. The first kappa shape index (κ1) is 57.3. The van der Waals surface area contributed by atoms with E-state index in [4.69, 9.17) is 44.6 Å². The molecule has 0 aromatic heterocycles. The van der Waals surface area contributed by atoms with Crippen molar-refractivity contribution in [3.8, 4) is 0 Å². The van der Waals surface area contributed by atoms with Gasteiger partial charge < -0.3 is 70.6 Å². The van der Waals surface area contributed by atoms with Gasteiger partial charge in [-0.15, -0.1) is 0 Å². The molecule has 1 aromatic carbocycles. The van der Waals surface area contributed by atoms with Crippen LogP contribution in [0.25, 0.3) is 0 Å². The third-order valence-corrected chi connectivity index (χ3v) is 15.1. The minimum atomic E-state index is -2.52. The Bertz CT molecular complexity index is 2420. The molecule has 5 aliphatic rings. The van der Waals surface area contributed by atoms with Crippen molar-refractivity contribution < 1.29 is 91.6 Å². The van der Waals surface area contributed by atoms with E-state index in [1.54, 1.807) is 45.9 Å². The zero-order valence-corrected chi connectivity index (χ0v) is 43.1. The molecule has 74 heavy (non-hydrogen) atoms. The minimum absolute atomic E-state index is 0.00631. The molecule has 1 aromatic rings. The maximum absolute atomic E-state index is 15.2. The van der Waals surface area contributed by atoms with E-state index in [0.29, 0.717) is 12.8 Å². The Morgan fingerprint density at radius 3 is 2.16 bits per heavy atom. The second kappa shape index (κ2) is 21.7. The molecule has 3 saturated carbocycles. The van der Waals surface area contributed by atoms with Gasteiger partial charge in [-0.05, 0) is 90.0 Å². The molecule has 1 saturated heterocycles. The van der Waals surface area contributed by atoms with Gasteiger partial charge in [0.05, 0.1) is 54.7 Å². The number of hydrogen-bond acceptors (Lipinski definition) is 20. The molecule has 4 aliphatic carbocycles. The van der Waals surface area contributed by atoms with Crippen molar-refractivity contribution in [3.63, 3.8) is 0 Å². The van der Waals surface area contributed by atoms with Crippen LogP contribution in [0.1, 0.15) is 118 Å². The average Bonchev–Trinajstić information content (AvgIpc) is 4.15. The Morgan fingerprint density at radius 2 is 1.61 bits per heavy atom. The first-order valence-corrected chi connectivity index (χ1v) is 24.7. The molecular weight excluding hydrogens is 973 g/mol. The number of amides is 3. The zero-order chi connectivity index (χ0) is 55.0. The Balaban J connectivity index is 1.46. The summed E-state index contributed by atoms with van der Waals surface area (Å²) in [7, 11) is 0. The van der Waals surface area contributed by atoms with Gasteiger partial charge in [0.2, 0.25) is 17.9 Å². The van der Waals surface area contributed by atoms with Crippen molar-refractivity contribution in [2.75, 3.05) is 13.2 Å². The van der Waals surface area contributed by atoms with Crippen LogP contribution < -0.4 is 22.1 Å². The van der Waals surface area contributed by atoms with Crippen molar-refractivity contribution in [1.29, 1.82) is 0 Å². The van der Waals surface area contributed by atoms with Crippen LogP contribution in [0.2, 0.25) is 0 Å². The average molecular weight is 1040 g/mol. The highest BCUT2D eigenvalue weighted by molar-refractivity contribution is 5.95. The molecule has 1 unspecified atom stereocenters. The summed E-state index contributed by atoms with van der Waals surface area (Å²) in [6.07, 6.45) is -13.1. The number of alkyl carbamates (subject to hydrolysis) is 1. The van der Waals surface area contributed by atoms with Crippen LogP contribution in [0, 0.1) is 22.7 Å². The predicted molar refractivity (Wildman–Crippen MR) is 254 cm³/mol. The summed E-state index contributed by atoms with van der Waals surface area (Å²) in [5.74, 6) is -10.6. The number of benzene rings is 1.